The Morgan fingerprint density at radius 3 is 2.24 bits per heavy atom. The van der Waals surface area contributed by atoms with Crippen molar-refractivity contribution in [2.24, 2.45) is 11.7 Å². The van der Waals surface area contributed by atoms with Crippen LogP contribution in [0, 0.1) is 5.92 Å². The number of amides is 3. The predicted octanol–water partition coefficient (Wildman–Crippen LogP) is 4.56. The number of piperidine rings is 1. The molecule has 1 fully saturated rings. The third kappa shape index (κ3) is 11.3. The summed E-state index contributed by atoms with van der Waals surface area (Å²) in [4.78, 5) is 44.9. The van der Waals surface area contributed by atoms with Gasteiger partial charge in [0, 0.05) is 19.3 Å². The molecule has 4 rings (SSSR count). The van der Waals surface area contributed by atoms with Crippen molar-refractivity contribution in [1.82, 2.24) is 19.8 Å². The number of hydrogen-bond acceptors (Lipinski definition) is 7. The third-order valence-corrected chi connectivity index (χ3v) is 7.41. The first-order chi connectivity index (χ1) is 20.6. The Bertz CT molecular complexity index is 1340. The fraction of sp³-hybridized carbons (Fsp3) is 0.438. The number of carbonyl (C=O) groups excluding carboxylic acids is 3. The van der Waals surface area contributed by atoms with Gasteiger partial charge in [0.15, 0.2) is 5.82 Å². The fourth-order valence-corrected chi connectivity index (χ4v) is 4.64. The zero-order chi connectivity index (χ0) is 30.8. The maximum Gasteiger partial charge on any atom is 0.409 e. The molecule has 4 N–H and O–H groups in total. The molecule has 2 aromatic carbocycles. The second-order valence-electron chi connectivity index (χ2n) is 11.6. The van der Waals surface area contributed by atoms with Crippen LogP contribution in [0.25, 0.3) is 0 Å². The maximum absolute atomic E-state index is 13.3. The molecule has 0 bridgehead atoms. The first-order valence-corrected chi connectivity index (χ1v) is 14.6. The Morgan fingerprint density at radius 2 is 1.62 bits per heavy atom. The minimum atomic E-state index is -1.19. The van der Waals surface area contributed by atoms with Crippen LogP contribution >= 0.6 is 24.8 Å². The van der Waals surface area contributed by atoms with Crippen LogP contribution in [0.4, 0.5) is 10.6 Å². The summed E-state index contributed by atoms with van der Waals surface area (Å²) in [5, 5.41) is 5.46. The lowest BCUT2D eigenvalue weighted by molar-refractivity contribution is -0.130. The third-order valence-electron chi connectivity index (χ3n) is 7.41. The topological polar surface area (TPSA) is 141 Å². The zero-order valence-electron chi connectivity index (χ0n) is 25.9. The molecule has 0 saturated carbocycles. The molecule has 13 heteroatoms. The Balaban J connectivity index is 0.00000353. The van der Waals surface area contributed by atoms with Gasteiger partial charge in [0.2, 0.25) is 5.91 Å². The molecule has 1 aliphatic heterocycles. The molecule has 1 saturated heterocycles. The maximum atomic E-state index is 13.3. The van der Waals surface area contributed by atoms with Gasteiger partial charge in [-0.3, -0.25) is 9.59 Å². The van der Waals surface area contributed by atoms with Gasteiger partial charge in [-0.2, -0.15) is 0 Å². The van der Waals surface area contributed by atoms with E-state index in [0.29, 0.717) is 19.0 Å². The number of benzene rings is 2. The molecule has 3 amide bonds. The number of anilines is 1. The number of imidazole rings is 1. The summed E-state index contributed by atoms with van der Waals surface area (Å²) in [6.45, 7) is 6.98. The van der Waals surface area contributed by atoms with Crippen LogP contribution in [-0.2, 0) is 25.7 Å². The lowest BCUT2D eigenvalue weighted by atomic mass is 10.00. The Morgan fingerprint density at radius 1 is 1.00 bits per heavy atom. The zero-order valence-corrected chi connectivity index (χ0v) is 27.5. The van der Waals surface area contributed by atoms with E-state index < -0.39 is 23.4 Å². The molecule has 1 unspecified atom stereocenters. The number of ether oxygens (including phenoxy) is 2. The number of nitrogens with one attached hydrogen (secondary N) is 2. The van der Waals surface area contributed by atoms with Crippen LogP contribution in [0.2, 0.25) is 0 Å². The second-order valence-corrected chi connectivity index (χ2v) is 11.6. The number of aromatic nitrogens is 2. The van der Waals surface area contributed by atoms with E-state index in [1.54, 1.807) is 35.8 Å². The summed E-state index contributed by atoms with van der Waals surface area (Å²) in [7, 11) is 0. The number of hydrogen-bond donors (Lipinski definition) is 3. The number of halogens is 2. The predicted molar refractivity (Wildman–Crippen MR) is 178 cm³/mol. The fourth-order valence-electron chi connectivity index (χ4n) is 4.64. The monoisotopic (exact) mass is 662 g/mol. The van der Waals surface area contributed by atoms with E-state index >= 15 is 0 Å². The first kappa shape index (κ1) is 37.5. The first-order valence-electron chi connectivity index (χ1n) is 14.6. The Labute approximate surface area is 277 Å². The molecule has 2 atom stereocenters. The smallest absolute Gasteiger partial charge is 0.409 e. The number of nitrogens with two attached hydrogens (primary N) is 1. The molecule has 1 aliphatic rings. The summed E-state index contributed by atoms with van der Waals surface area (Å²) in [5.74, 6) is -0.115. The van der Waals surface area contributed by atoms with Crippen molar-refractivity contribution in [2.75, 3.05) is 31.6 Å². The molecule has 0 spiro atoms. The van der Waals surface area contributed by atoms with Crippen LogP contribution in [0.15, 0.2) is 73.2 Å². The van der Waals surface area contributed by atoms with Crippen LogP contribution < -0.4 is 16.4 Å². The van der Waals surface area contributed by atoms with Gasteiger partial charge in [-0.1, -0.05) is 67.6 Å². The number of carbonyl (C=O) groups is 3. The van der Waals surface area contributed by atoms with Crippen molar-refractivity contribution in [2.45, 2.75) is 57.8 Å². The lowest BCUT2D eigenvalue weighted by Crippen LogP contribution is -2.56. The van der Waals surface area contributed by atoms with Gasteiger partial charge in [0.05, 0.1) is 31.1 Å². The summed E-state index contributed by atoms with van der Waals surface area (Å²) < 4.78 is 13.3. The normalized spacial score (nSPS) is 14.7. The molecule has 1 aromatic heterocycles. The minimum absolute atomic E-state index is 0. The van der Waals surface area contributed by atoms with Crippen LogP contribution in [0.3, 0.4) is 0 Å². The van der Waals surface area contributed by atoms with E-state index in [4.69, 9.17) is 15.2 Å². The van der Waals surface area contributed by atoms with Gasteiger partial charge in [-0.25, -0.2) is 9.78 Å². The molecule has 246 valence electrons. The van der Waals surface area contributed by atoms with Crippen molar-refractivity contribution in [3.05, 3.63) is 84.3 Å². The molecule has 0 aliphatic carbocycles. The van der Waals surface area contributed by atoms with Crippen LogP contribution in [-0.4, -0.2) is 70.2 Å². The average Bonchev–Trinajstić information content (AvgIpc) is 3.45. The summed E-state index contributed by atoms with van der Waals surface area (Å²) in [5.41, 5.74) is 6.62. The molecule has 45 heavy (non-hydrogen) atoms. The van der Waals surface area contributed by atoms with Gasteiger partial charge in [-0.15, -0.1) is 24.8 Å². The van der Waals surface area contributed by atoms with Gasteiger partial charge >= 0.3 is 6.09 Å². The molecule has 3 aromatic rings. The summed E-state index contributed by atoms with van der Waals surface area (Å²) in [6.07, 6.45) is 4.83. The van der Waals surface area contributed by atoms with Gasteiger partial charge in [0.1, 0.15) is 12.6 Å². The van der Waals surface area contributed by atoms with E-state index in [1.165, 1.54) is 0 Å². The highest BCUT2D eigenvalue weighted by molar-refractivity contribution is 5.98. The van der Waals surface area contributed by atoms with Crippen LogP contribution in [0.5, 0.6) is 0 Å². The van der Waals surface area contributed by atoms with E-state index in [0.717, 1.165) is 24.0 Å². The number of nitrogens with zero attached hydrogens (tertiary/aromatic N) is 3. The second kappa shape index (κ2) is 17.7. The van der Waals surface area contributed by atoms with E-state index in [2.05, 4.69) is 22.5 Å². The van der Waals surface area contributed by atoms with Crippen molar-refractivity contribution in [1.29, 1.82) is 0 Å². The van der Waals surface area contributed by atoms with Gasteiger partial charge in [0.25, 0.3) is 5.91 Å². The van der Waals surface area contributed by atoms with Crippen molar-refractivity contribution in [3.63, 3.8) is 0 Å². The Kier molecular flexibility index (Phi) is 14.8. The molecule has 2 heterocycles. The van der Waals surface area contributed by atoms with Crippen molar-refractivity contribution < 1.29 is 23.9 Å². The van der Waals surface area contributed by atoms with E-state index in [1.807, 2.05) is 60.7 Å². The van der Waals surface area contributed by atoms with Gasteiger partial charge in [-0.05, 0) is 43.7 Å². The van der Waals surface area contributed by atoms with Crippen molar-refractivity contribution >= 4 is 48.5 Å². The highest BCUT2D eigenvalue weighted by Gasteiger charge is 2.29. The number of rotatable bonds is 12. The minimum Gasteiger partial charge on any atom is -0.447 e. The summed E-state index contributed by atoms with van der Waals surface area (Å²) in [6, 6.07) is 17.8. The van der Waals surface area contributed by atoms with E-state index in [-0.39, 0.29) is 62.6 Å². The van der Waals surface area contributed by atoms with Crippen molar-refractivity contribution in [3.8, 4) is 0 Å². The average molecular weight is 664 g/mol. The van der Waals surface area contributed by atoms with Gasteiger partial charge < -0.3 is 35.3 Å². The lowest BCUT2D eigenvalue weighted by Gasteiger charge is -2.30. The largest absolute Gasteiger partial charge is 0.447 e. The van der Waals surface area contributed by atoms with Crippen LogP contribution in [0.1, 0.15) is 50.8 Å². The number of likely N-dealkylation sites (tertiary alicyclic amines) is 1. The molecular weight excluding hydrogens is 619 g/mol. The SMILES string of the molecule is CC1CCN(C(=O)OCC(c2ccccc2)n2cnc(NC(=O)[C@@H](COCc3ccccc3)NC(=O)C(C)(C)N)c2)CC1.Cl.Cl. The standard InChI is InChI=1S/C32H42N6O5.2ClH/c1-23-14-16-37(17-15-23)31(41)43-21-27(25-12-8-5-9-13-25)38-18-28(34-22-38)36-29(39)26(35-30(40)32(2,3)33)20-42-19-24-10-6-4-7-11-24;;/h4-13,18,22-23,26-27H,14-17,19-21,33H2,1-3H3,(H,35,40)(H,36,39);2*1H/t26-,27?;;/m1../s1. The van der Waals surface area contributed by atoms with E-state index in [9.17, 15) is 14.4 Å². The Hall–Kier alpha value is -3.64. The molecular formula is C32H44Cl2N6O5. The highest BCUT2D eigenvalue weighted by Crippen LogP contribution is 2.22. The quantitative estimate of drug-likeness (QED) is 0.258. The highest BCUT2D eigenvalue weighted by atomic mass is 35.5. The summed E-state index contributed by atoms with van der Waals surface area (Å²) >= 11 is 0. The molecule has 0 radical (unpaired) electrons. The molecule has 11 nitrogen and oxygen atoms in total.